The average Bonchev–Trinajstić information content (AvgIpc) is 3.19. The highest BCUT2D eigenvalue weighted by molar-refractivity contribution is 5.14. The molecule has 1 unspecified atom stereocenters. The van der Waals surface area contributed by atoms with Crippen LogP contribution in [0.5, 0.6) is 0 Å². The van der Waals surface area contributed by atoms with Crippen LogP contribution >= 0.6 is 0 Å². The van der Waals surface area contributed by atoms with Crippen LogP contribution in [0.3, 0.4) is 0 Å². The number of aromatic nitrogens is 4. The second-order valence-electron chi connectivity index (χ2n) is 5.71. The van der Waals surface area contributed by atoms with Gasteiger partial charge in [0, 0.05) is 36.6 Å². The molecule has 1 saturated carbocycles. The molecule has 2 heterocycles. The summed E-state index contributed by atoms with van der Waals surface area (Å²) in [5.41, 5.74) is 2.26. The van der Waals surface area contributed by atoms with Gasteiger partial charge in [-0.1, -0.05) is 19.8 Å². The van der Waals surface area contributed by atoms with Gasteiger partial charge in [-0.05, 0) is 25.5 Å². The van der Waals surface area contributed by atoms with Crippen molar-refractivity contribution in [3.8, 4) is 0 Å². The fourth-order valence-electron chi connectivity index (χ4n) is 3.11. The Morgan fingerprint density at radius 1 is 1.29 bits per heavy atom. The van der Waals surface area contributed by atoms with Gasteiger partial charge < -0.3 is 5.32 Å². The van der Waals surface area contributed by atoms with E-state index in [-0.39, 0.29) is 6.04 Å². The van der Waals surface area contributed by atoms with Crippen molar-refractivity contribution in [2.45, 2.75) is 51.1 Å². The zero-order chi connectivity index (χ0) is 14.5. The molecule has 0 bridgehead atoms. The van der Waals surface area contributed by atoms with Crippen LogP contribution in [-0.2, 0) is 6.42 Å². The summed E-state index contributed by atoms with van der Waals surface area (Å²) in [4.78, 5) is 8.24. The van der Waals surface area contributed by atoms with Gasteiger partial charge in [0.2, 0.25) is 0 Å². The molecular formula is C16H23N5. The van der Waals surface area contributed by atoms with Crippen molar-refractivity contribution >= 4 is 0 Å². The Hall–Kier alpha value is -1.75. The van der Waals surface area contributed by atoms with Crippen molar-refractivity contribution in [1.82, 2.24) is 25.1 Å². The largest absolute Gasteiger partial charge is 0.310 e. The number of hydrogen-bond donors (Lipinski definition) is 1. The van der Waals surface area contributed by atoms with Crippen molar-refractivity contribution in [1.29, 1.82) is 0 Å². The van der Waals surface area contributed by atoms with Gasteiger partial charge in [-0.2, -0.15) is 5.10 Å². The van der Waals surface area contributed by atoms with Crippen LogP contribution < -0.4 is 5.32 Å². The predicted molar refractivity (Wildman–Crippen MR) is 81.9 cm³/mol. The maximum Gasteiger partial charge on any atom is 0.115 e. The van der Waals surface area contributed by atoms with Crippen LogP contribution in [0.25, 0.3) is 0 Å². The quantitative estimate of drug-likeness (QED) is 0.886. The van der Waals surface area contributed by atoms with Crippen molar-refractivity contribution < 1.29 is 0 Å². The van der Waals surface area contributed by atoms with E-state index >= 15 is 0 Å². The summed E-state index contributed by atoms with van der Waals surface area (Å²) in [5.74, 6) is 0. The number of nitrogens with one attached hydrogen (secondary N) is 1. The molecule has 3 rings (SSSR count). The molecule has 0 radical (unpaired) electrons. The van der Waals surface area contributed by atoms with Gasteiger partial charge in [-0.15, -0.1) is 0 Å². The fraction of sp³-hybridized carbons (Fsp3) is 0.562. The third-order valence-electron chi connectivity index (χ3n) is 4.21. The molecule has 5 nitrogen and oxygen atoms in total. The van der Waals surface area contributed by atoms with Crippen molar-refractivity contribution in [3.63, 3.8) is 0 Å². The average molecular weight is 285 g/mol. The Balaban J connectivity index is 1.71. The first-order chi connectivity index (χ1) is 10.4. The molecule has 1 atom stereocenters. The molecule has 0 aliphatic heterocycles. The van der Waals surface area contributed by atoms with E-state index in [1.807, 2.05) is 12.4 Å². The smallest absolute Gasteiger partial charge is 0.115 e. The van der Waals surface area contributed by atoms with Gasteiger partial charge in [0.25, 0.3) is 0 Å². The SMILES string of the molecule is CCNC(Cc1ccn(C2CCCC2)n1)c1cncnc1. The summed E-state index contributed by atoms with van der Waals surface area (Å²) in [6.45, 7) is 3.04. The second-order valence-corrected chi connectivity index (χ2v) is 5.71. The lowest BCUT2D eigenvalue weighted by molar-refractivity contribution is 0.457. The number of hydrogen-bond acceptors (Lipinski definition) is 4. The summed E-state index contributed by atoms with van der Waals surface area (Å²) < 4.78 is 2.16. The minimum absolute atomic E-state index is 0.225. The molecule has 112 valence electrons. The summed E-state index contributed by atoms with van der Waals surface area (Å²) in [5, 5.41) is 8.27. The van der Waals surface area contributed by atoms with E-state index in [1.54, 1.807) is 6.33 Å². The first kappa shape index (κ1) is 14.2. The third kappa shape index (κ3) is 3.47. The Labute approximate surface area is 125 Å². The van der Waals surface area contributed by atoms with E-state index in [0.717, 1.165) is 24.2 Å². The molecule has 0 saturated heterocycles. The van der Waals surface area contributed by atoms with Gasteiger partial charge in [0.15, 0.2) is 0 Å². The number of rotatable bonds is 6. The summed E-state index contributed by atoms with van der Waals surface area (Å²) >= 11 is 0. The third-order valence-corrected chi connectivity index (χ3v) is 4.21. The lowest BCUT2D eigenvalue weighted by Crippen LogP contribution is -2.23. The van der Waals surface area contributed by atoms with E-state index in [0.29, 0.717) is 6.04 Å². The zero-order valence-electron chi connectivity index (χ0n) is 12.6. The van der Waals surface area contributed by atoms with E-state index < -0.39 is 0 Å². The van der Waals surface area contributed by atoms with Gasteiger partial charge >= 0.3 is 0 Å². The maximum atomic E-state index is 4.78. The lowest BCUT2D eigenvalue weighted by atomic mass is 10.1. The topological polar surface area (TPSA) is 55.6 Å². The Morgan fingerprint density at radius 2 is 2.05 bits per heavy atom. The summed E-state index contributed by atoms with van der Waals surface area (Å²) in [7, 11) is 0. The van der Waals surface area contributed by atoms with Crippen molar-refractivity contribution in [2.75, 3.05) is 6.54 Å². The van der Waals surface area contributed by atoms with Crippen molar-refractivity contribution in [3.05, 3.63) is 42.2 Å². The highest BCUT2D eigenvalue weighted by Crippen LogP contribution is 2.29. The maximum absolute atomic E-state index is 4.78. The normalized spacial score (nSPS) is 17.2. The van der Waals surface area contributed by atoms with Crippen molar-refractivity contribution in [2.24, 2.45) is 0 Å². The van der Waals surface area contributed by atoms with Gasteiger partial charge in [-0.25, -0.2) is 9.97 Å². The highest BCUT2D eigenvalue weighted by atomic mass is 15.3. The van der Waals surface area contributed by atoms with Crippen LogP contribution in [0, 0.1) is 0 Å². The fourth-order valence-corrected chi connectivity index (χ4v) is 3.11. The first-order valence-electron chi connectivity index (χ1n) is 7.89. The van der Waals surface area contributed by atoms with E-state index in [1.165, 1.54) is 25.7 Å². The van der Waals surface area contributed by atoms with Crippen LogP contribution in [-0.4, -0.2) is 26.3 Å². The standard InChI is InChI=1S/C16H23N5/c1-2-19-16(13-10-17-12-18-11-13)9-14-7-8-21(20-14)15-5-3-4-6-15/h7-8,10-12,15-16,19H,2-6,9H2,1H3. The van der Waals surface area contributed by atoms with Crippen LogP contribution in [0.1, 0.15) is 55.9 Å². The lowest BCUT2D eigenvalue weighted by Gasteiger charge is -2.16. The molecule has 2 aromatic heterocycles. The molecule has 1 aliphatic carbocycles. The van der Waals surface area contributed by atoms with E-state index in [9.17, 15) is 0 Å². The number of nitrogens with zero attached hydrogens (tertiary/aromatic N) is 4. The van der Waals surface area contributed by atoms with Crippen LogP contribution in [0.2, 0.25) is 0 Å². The summed E-state index contributed by atoms with van der Waals surface area (Å²) in [6, 6.07) is 2.98. The zero-order valence-corrected chi connectivity index (χ0v) is 12.6. The monoisotopic (exact) mass is 285 g/mol. The summed E-state index contributed by atoms with van der Waals surface area (Å²) in [6.07, 6.45) is 13.6. The molecule has 0 spiro atoms. The molecule has 1 fully saturated rings. The van der Waals surface area contributed by atoms with E-state index in [2.05, 4.69) is 39.2 Å². The Morgan fingerprint density at radius 3 is 2.76 bits per heavy atom. The molecule has 1 aliphatic rings. The molecule has 0 amide bonds. The highest BCUT2D eigenvalue weighted by Gasteiger charge is 2.19. The number of likely N-dealkylation sites (N-methyl/N-ethyl adjacent to an activating group) is 1. The molecule has 1 N–H and O–H groups in total. The molecule has 0 aromatic carbocycles. The molecular weight excluding hydrogens is 262 g/mol. The predicted octanol–water partition coefficient (Wildman–Crippen LogP) is 2.68. The van der Waals surface area contributed by atoms with Crippen LogP contribution in [0.15, 0.2) is 31.0 Å². The van der Waals surface area contributed by atoms with Crippen LogP contribution in [0.4, 0.5) is 0 Å². The molecule has 21 heavy (non-hydrogen) atoms. The first-order valence-corrected chi connectivity index (χ1v) is 7.89. The Kier molecular flexibility index (Phi) is 4.60. The van der Waals surface area contributed by atoms with Gasteiger partial charge in [0.05, 0.1) is 11.7 Å². The van der Waals surface area contributed by atoms with Gasteiger partial charge in [-0.3, -0.25) is 4.68 Å². The second kappa shape index (κ2) is 6.80. The minimum atomic E-state index is 0.225. The Bertz CT molecular complexity index is 545. The minimum Gasteiger partial charge on any atom is -0.310 e. The molecule has 2 aromatic rings. The van der Waals surface area contributed by atoms with Gasteiger partial charge in [0.1, 0.15) is 6.33 Å². The molecule has 5 heteroatoms. The van der Waals surface area contributed by atoms with E-state index in [4.69, 9.17) is 5.10 Å².